The summed E-state index contributed by atoms with van der Waals surface area (Å²) in [6, 6.07) is 12.3. The first kappa shape index (κ1) is 11.5. The van der Waals surface area contributed by atoms with Crippen LogP contribution in [0.3, 0.4) is 0 Å². The molecule has 3 heterocycles. The molecule has 1 aliphatic heterocycles. The summed E-state index contributed by atoms with van der Waals surface area (Å²) in [4.78, 5) is 11.7. The third kappa shape index (κ3) is 1.93. The molecular formula is C16H16N4. The van der Waals surface area contributed by atoms with Crippen molar-refractivity contribution in [1.29, 1.82) is 0 Å². The zero-order valence-electron chi connectivity index (χ0n) is 11.2. The number of rotatable bonds is 2. The summed E-state index contributed by atoms with van der Waals surface area (Å²) in [6.07, 6.45) is 6.61. The van der Waals surface area contributed by atoms with Gasteiger partial charge in [0.2, 0.25) is 5.78 Å². The predicted octanol–water partition coefficient (Wildman–Crippen LogP) is 3.00. The van der Waals surface area contributed by atoms with Gasteiger partial charge < -0.3 is 4.90 Å². The Hall–Kier alpha value is -2.36. The average Bonchev–Trinajstić information content (AvgIpc) is 3.16. The van der Waals surface area contributed by atoms with Crippen molar-refractivity contribution in [3.8, 4) is 11.3 Å². The molecule has 3 aromatic rings. The van der Waals surface area contributed by atoms with Gasteiger partial charge in [0.25, 0.3) is 0 Å². The van der Waals surface area contributed by atoms with Crippen molar-refractivity contribution >= 4 is 11.6 Å². The number of imidazole rings is 1. The lowest BCUT2D eigenvalue weighted by molar-refractivity contribution is 0.928. The normalized spacial score (nSPS) is 15.1. The number of benzene rings is 1. The van der Waals surface area contributed by atoms with Gasteiger partial charge in [-0.05, 0) is 18.9 Å². The maximum Gasteiger partial charge on any atom is 0.236 e. The molecule has 0 radical (unpaired) electrons. The highest BCUT2D eigenvalue weighted by Crippen LogP contribution is 2.21. The van der Waals surface area contributed by atoms with Gasteiger partial charge in [-0.3, -0.25) is 4.40 Å². The third-order valence-corrected chi connectivity index (χ3v) is 3.81. The van der Waals surface area contributed by atoms with Crippen LogP contribution in [0.25, 0.3) is 17.0 Å². The smallest absolute Gasteiger partial charge is 0.236 e. The standard InChI is InChI=1S/C16H16N4/c1-2-6-13(7-3-1)14-12-20-11-8-15(18-16(20)17-14)19-9-4-5-10-19/h1-3,6-8,11-12H,4-5,9-10H2. The highest BCUT2D eigenvalue weighted by atomic mass is 15.2. The van der Waals surface area contributed by atoms with Crippen LogP contribution in [0.4, 0.5) is 5.82 Å². The van der Waals surface area contributed by atoms with Crippen LogP contribution in [0.1, 0.15) is 12.8 Å². The van der Waals surface area contributed by atoms with E-state index in [1.54, 1.807) is 0 Å². The van der Waals surface area contributed by atoms with Crippen LogP contribution >= 0.6 is 0 Å². The molecule has 0 saturated carbocycles. The summed E-state index contributed by atoms with van der Waals surface area (Å²) in [5.74, 6) is 1.81. The number of hydrogen-bond donors (Lipinski definition) is 0. The number of fused-ring (bicyclic) bond motifs is 1. The Morgan fingerprint density at radius 1 is 0.900 bits per heavy atom. The van der Waals surface area contributed by atoms with Crippen LogP contribution in [0.15, 0.2) is 48.8 Å². The van der Waals surface area contributed by atoms with Gasteiger partial charge in [0.05, 0.1) is 5.69 Å². The molecule has 0 aliphatic carbocycles. The second-order valence-electron chi connectivity index (χ2n) is 5.18. The minimum Gasteiger partial charge on any atom is -0.356 e. The Morgan fingerprint density at radius 2 is 1.70 bits per heavy atom. The van der Waals surface area contributed by atoms with E-state index >= 15 is 0 Å². The van der Waals surface area contributed by atoms with Crippen LogP contribution in [0.5, 0.6) is 0 Å². The van der Waals surface area contributed by atoms with Gasteiger partial charge in [-0.2, -0.15) is 4.98 Å². The number of hydrogen-bond acceptors (Lipinski definition) is 3. The molecule has 1 fully saturated rings. The maximum atomic E-state index is 4.68. The van der Waals surface area contributed by atoms with E-state index in [-0.39, 0.29) is 0 Å². The molecule has 2 aromatic heterocycles. The van der Waals surface area contributed by atoms with Gasteiger partial charge in [-0.1, -0.05) is 30.3 Å². The Bertz CT molecular complexity index is 727. The third-order valence-electron chi connectivity index (χ3n) is 3.81. The molecule has 100 valence electrons. The highest BCUT2D eigenvalue weighted by molar-refractivity contribution is 5.61. The Kier molecular flexibility index (Phi) is 2.66. The fraction of sp³-hybridized carbons (Fsp3) is 0.250. The van der Waals surface area contributed by atoms with Crippen molar-refractivity contribution in [1.82, 2.24) is 14.4 Å². The van der Waals surface area contributed by atoms with Crippen LogP contribution in [0, 0.1) is 0 Å². The molecule has 0 N–H and O–H groups in total. The molecule has 0 spiro atoms. The van der Waals surface area contributed by atoms with E-state index in [4.69, 9.17) is 0 Å². The number of aromatic nitrogens is 3. The van der Waals surface area contributed by atoms with Gasteiger partial charge in [-0.25, -0.2) is 4.98 Å². The van der Waals surface area contributed by atoms with E-state index in [1.165, 1.54) is 12.8 Å². The van der Waals surface area contributed by atoms with Crippen LogP contribution in [-0.4, -0.2) is 27.5 Å². The molecular weight excluding hydrogens is 248 g/mol. The topological polar surface area (TPSA) is 33.4 Å². The monoisotopic (exact) mass is 264 g/mol. The SMILES string of the molecule is c1ccc(-c2cn3ccc(N4CCCC4)nc3n2)cc1. The number of anilines is 1. The minimum absolute atomic E-state index is 0.772. The van der Waals surface area contributed by atoms with Gasteiger partial charge in [0.1, 0.15) is 5.82 Å². The van der Waals surface area contributed by atoms with E-state index in [9.17, 15) is 0 Å². The van der Waals surface area contributed by atoms with E-state index in [2.05, 4.69) is 39.3 Å². The Morgan fingerprint density at radius 3 is 2.50 bits per heavy atom. The molecule has 4 nitrogen and oxygen atoms in total. The molecule has 20 heavy (non-hydrogen) atoms. The van der Waals surface area contributed by atoms with Crippen LogP contribution in [-0.2, 0) is 0 Å². The molecule has 1 aliphatic rings. The zero-order valence-corrected chi connectivity index (χ0v) is 11.2. The number of nitrogens with zero attached hydrogens (tertiary/aromatic N) is 4. The predicted molar refractivity (Wildman–Crippen MR) is 79.9 cm³/mol. The van der Waals surface area contributed by atoms with Crippen LogP contribution < -0.4 is 4.90 Å². The molecule has 1 saturated heterocycles. The average molecular weight is 264 g/mol. The van der Waals surface area contributed by atoms with Crippen molar-refractivity contribution in [2.24, 2.45) is 0 Å². The molecule has 0 bridgehead atoms. The second kappa shape index (κ2) is 4.63. The largest absolute Gasteiger partial charge is 0.356 e. The molecule has 0 atom stereocenters. The van der Waals surface area contributed by atoms with Gasteiger partial charge in [0.15, 0.2) is 0 Å². The van der Waals surface area contributed by atoms with E-state index in [0.29, 0.717) is 0 Å². The lowest BCUT2D eigenvalue weighted by Gasteiger charge is -2.15. The first-order valence-electron chi connectivity index (χ1n) is 7.06. The van der Waals surface area contributed by atoms with Gasteiger partial charge in [-0.15, -0.1) is 0 Å². The molecule has 0 unspecified atom stereocenters. The fourth-order valence-corrected chi connectivity index (χ4v) is 2.73. The quantitative estimate of drug-likeness (QED) is 0.713. The fourth-order valence-electron chi connectivity index (χ4n) is 2.73. The van der Waals surface area contributed by atoms with Crippen molar-refractivity contribution in [2.45, 2.75) is 12.8 Å². The first-order valence-corrected chi connectivity index (χ1v) is 7.06. The first-order chi connectivity index (χ1) is 9.90. The summed E-state index contributed by atoms with van der Waals surface area (Å²) in [5, 5.41) is 0. The Labute approximate surface area is 117 Å². The molecule has 4 heteroatoms. The van der Waals surface area contributed by atoms with Crippen molar-refractivity contribution in [3.63, 3.8) is 0 Å². The lowest BCUT2D eigenvalue weighted by Crippen LogP contribution is -2.19. The molecule has 1 aromatic carbocycles. The maximum absolute atomic E-state index is 4.68. The van der Waals surface area contributed by atoms with E-state index < -0.39 is 0 Å². The summed E-state index contributed by atoms with van der Waals surface area (Å²) in [7, 11) is 0. The van der Waals surface area contributed by atoms with Gasteiger partial charge in [0, 0.05) is 31.0 Å². The Balaban J connectivity index is 1.76. The second-order valence-corrected chi connectivity index (χ2v) is 5.18. The molecule has 4 rings (SSSR count). The minimum atomic E-state index is 0.772. The van der Waals surface area contributed by atoms with E-state index in [1.807, 2.05) is 28.8 Å². The van der Waals surface area contributed by atoms with Crippen molar-refractivity contribution in [2.75, 3.05) is 18.0 Å². The van der Waals surface area contributed by atoms with Crippen molar-refractivity contribution in [3.05, 3.63) is 48.8 Å². The van der Waals surface area contributed by atoms with Crippen molar-refractivity contribution < 1.29 is 0 Å². The molecule has 0 amide bonds. The van der Waals surface area contributed by atoms with E-state index in [0.717, 1.165) is 35.9 Å². The van der Waals surface area contributed by atoms with Crippen LogP contribution in [0.2, 0.25) is 0 Å². The summed E-state index contributed by atoms with van der Waals surface area (Å²) >= 11 is 0. The zero-order chi connectivity index (χ0) is 13.4. The summed E-state index contributed by atoms with van der Waals surface area (Å²) in [6.45, 7) is 2.21. The van der Waals surface area contributed by atoms with Gasteiger partial charge >= 0.3 is 0 Å². The summed E-state index contributed by atoms with van der Waals surface area (Å²) in [5.41, 5.74) is 2.09. The highest BCUT2D eigenvalue weighted by Gasteiger charge is 2.14. The lowest BCUT2D eigenvalue weighted by atomic mass is 10.2. The summed E-state index contributed by atoms with van der Waals surface area (Å²) < 4.78 is 1.99.